The lowest BCUT2D eigenvalue weighted by Crippen LogP contribution is -1.85. The van der Waals surface area contributed by atoms with Gasteiger partial charge in [-0.15, -0.1) is 0 Å². The summed E-state index contributed by atoms with van der Waals surface area (Å²) in [7, 11) is 0. The van der Waals surface area contributed by atoms with E-state index in [1.54, 1.807) is 12.1 Å². The van der Waals surface area contributed by atoms with Gasteiger partial charge >= 0.3 is 0 Å². The topological polar surface area (TPSA) is 40.5 Å². The van der Waals surface area contributed by atoms with E-state index in [-0.39, 0.29) is 11.5 Å². The third-order valence-electron chi connectivity index (χ3n) is 4.09. The van der Waals surface area contributed by atoms with Crippen molar-refractivity contribution in [3.63, 3.8) is 0 Å². The molecular formula is C20H14O2. The van der Waals surface area contributed by atoms with E-state index in [0.29, 0.717) is 0 Å². The van der Waals surface area contributed by atoms with Gasteiger partial charge in [-0.05, 0) is 34.0 Å². The molecule has 0 fully saturated rings. The number of aromatic hydroxyl groups is 2. The number of benzene rings is 4. The number of hydrogen-bond donors (Lipinski definition) is 2. The number of phenols is 2. The normalized spacial score (nSPS) is 11.1. The molecule has 22 heavy (non-hydrogen) atoms. The third kappa shape index (κ3) is 1.81. The summed E-state index contributed by atoms with van der Waals surface area (Å²) >= 11 is 0. The molecular weight excluding hydrogens is 272 g/mol. The van der Waals surface area contributed by atoms with Gasteiger partial charge in [0.05, 0.1) is 0 Å². The number of hydrogen-bond acceptors (Lipinski definition) is 2. The zero-order chi connectivity index (χ0) is 15.1. The molecule has 0 atom stereocenters. The van der Waals surface area contributed by atoms with Gasteiger partial charge in [0.15, 0.2) is 0 Å². The summed E-state index contributed by atoms with van der Waals surface area (Å²) in [5, 5.41) is 23.8. The molecule has 0 aliphatic heterocycles. The van der Waals surface area contributed by atoms with Gasteiger partial charge in [-0.25, -0.2) is 0 Å². The first-order chi connectivity index (χ1) is 10.8. The van der Waals surface area contributed by atoms with Crippen LogP contribution in [0.1, 0.15) is 0 Å². The monoisotopic (exact) mass is 286 g/mol. The molecule has 0 heterocycles. The minimum atomic E-state index is 0.280. The zero-order valence-corrected chi connectivity index (χ0v) is 11.8. The van der Waals surface area contributed by atoms with Crippen molar-refractivity contribution in [2.75, 3.05) is 0 Å². The average molecular weight is 286 g/mol. The van der Waals surface area contributed by atoms with Crippen molar-refractivity contribution in [2.45, 2.75) is 0 Å². The number of rotatable bonds is 1. The van der Waals surface area contributed by atoms with Crippen LogP contribution in [0.2, 0.25) is 0 Å². The second kappa shape index (κ2) is 4.78. The molecule has 4 aromatic rings. The molecule has 2 heteroatoms. The summed E-state index contributed by atoms with van der Waals surface area (Å²) in [6, 6.07) is 22.9. The summed E-state index contributed by atoms with van der Waals surface area (Å²) in [4.78, 5) is 0. The molecule has 0 saturated carbocycles. The van der Waals surface area contributed by atoms with Crippen LogP contribution in [0.25, 0.3) is 32.7 Å². The van der Waals surface area contributed by atoms with Crippen LogP contribution < -0.4 is 0 Å². The van der Waals surface area contributed by atoms with Crippen molar-refractivity contribution in [3.05, 3.63) is 72.8 Å². The lowest BCUT2D eigenvalue weighted by atomic mass is 9.93. The molecule has 0 saturated heterocycles. The summed E-state index contributed by atoms with van der Waals surface area (Å²) < 4.78 is 0. The average Bonchev–Trinajstić information content (AvgIpc) is 2.56. The van der Waals surface area contributed by atoms with Crippen LogP contribution in [0.5, 0.6) is 11.5 Å². The molecule has 0 bridgehead atoms. The molecule has 0 aliphatic carbocycles. The van der Waals surface area contributed by atoms with E-state index in [1.807, 2.05) is 60.7 Å². The van der Waals surface area contributed by atoms with Crippen molar-refractivity contribution >= 4 is 21.5 Å². The molecule has 0 aromatic heterocycles. The predicted octanol–water partition coefficient (Wildman–Crippen LogP) is 5.07. The van der Waals surface area contributed by atoms with E-state index in [4.69, 9.17) is 0 Å². The standard InChI is InChI=1S/C20H14O2/c21-19-10-4-8-15-13(7-3-9-18(15)19)16-11-12-20(22)17-6-2-1-5-14(16)17/h1-12,21-22H. The Kier molecular flexibility index (Phi) is 2.76. The second-order valence-corrected chi connectivity index (χ2v) is 5.36. The Hall–Kier alpha value is -3.00. The second-order valence-electron chi connectivity index (χ2n) is 5.36. The van der Waals surface area contributed by atoms with Crippen molar-refractivity contribution in [1.82, 2.24) is 0 Å². The van der Waals surface area contributed by atoms with E-state index < -0.39 is 0 Å². The van der Waals surface area contributed by atoms with Crippen LogP contribution in [0.15, 0.2) is 72.8 Å². The van der Waals surface area contributed by atoms with Crippen molar-refractivity contribution in [3.8, 4) is 22.6 Å². The smallest absolute Gasteiger partial charge is 0.123 e. The maximum absolute atomic E-state index is 10.1. The van der Waals surface area contributed by atoms with E-state index >= 15 is 0 Å². The highest BCUT2D eigenvalue weighted by Gasteiger charge is 2.10. The Morgan fingerprint density at radius 1 is 0.409 bits per heavy atom. The van der Waals surface area contributed by atoms with Gasteiger partial charge in [-0.2, -0.15) is 0 Å². The van der Waals surface area contributed by atoms with Crippen LogP contribution in [0.3, 0.4) is 0 Å². The van der Waals surface area contributed by atoms with Gasteiger partial charge in [0.2, 0.25) is 0 Å². The molecule has 0 aliphatic rings. The lowest BCUT2D eigenvalue weighted by molar-refractivity contribution is 0.481. The summed E-state index contributed by atoms with van der Waals surface area (Å²) in [6.07, 6.45) is 0. The predicted molar refractivity (Wildman–Crippen MR) is 90.2 cm³/mol. The van der Waals surface area contributed by atoms with E-state index in [1.165, 1.54) is 0 Å². The van der Waals surface area contributed by atoms with Crippen LogP contribution in [0.4, 0.5) is 0 Å². The summed E-state index contributed by atoms with van der Waals surface area (Å²) in [5.41, 5.74) is 2.09. The van der Waals surface area contributed by atoms with Crippen molar-refractivity contribution in [2.24, 2.45) is 0 Å². The molecule has 4 aromatic carbocycles. The third-order valence-corrected chi connectivity index (χ3v) is 4.09. The molecule has 2 nitrogen and oxygen atoms in total. The van der Waals surface area contributed by atoms with Crippen molar-refractivity contribution in [1.29, 1.82) is 0 Å². The quantitative estimate of drug-likeness (QED) is 0.513. The van der Waals surface area contributed by atoms with E-state index in [2.05, 4.69) is 0 Å². The SMILES string of the molecule is Oc1cccc2c(-c3ccc(O)c4ccccc34)cccc12. The van der Waals surface area contributed by atoms with Gasteiger partial charge in [0.25, 0.3) is 0 Å². The molecule has 106 valence electrons. The molecule has 0 radical (unpaired) electrons. The highest BCUT2D eigenvalue weighted by molar-refractivity contribution is 6.07. The van der Waals surface area contributed by atoms with E-state index in [0.717, 1.165) is 32.7 Å². The molecule has 4 rings (SSSR count). The Balaban J connectivity index is 2.13. The first-order valence-corrected chi connectivity index (χ1v) is 7.17. The first-order valence-electron chi connectivity index (χ1n) is 7.17. The molecule has 2 N–H and O–H groups in total. The first kappa shape index (κ1) is 12.7. The van der Waals surface area contributed by atoms with Crippen LogP contribution in [-0.4, -0.2) is 10.2 Å². The minimum absolute atomic E-state index is 0.280. The summed E-state index contributed by atoms with van der Waals surface area (Å²) in [6.45, 7) is 0. The highest BCUT2D eigenvalue weighted by Crippen LogP contribution is 2.38. The van der Waals surface area contributed by atoms with Crippen LogP contribution in [0, 0.1) is 0 Å². The molecule has 0 spiro atoms. The van der Waals surface area contributed by atoms with Gasteiger partial charge in [0, 0.05) is 10.8 Å². The fourth-order valence-electron chi connectivity index (χ4n) is 3.05. The Morgan fingerprint density at radius 3 is 1.68 bits per heavy atom. The van der Waals surface area contributed by atoms with Gasteiger partial charge in [-0.1, -0.05) is 60.7 Å². The lowest BCUT2D eigenvalue weighted by Gasteiger charge is -2.12. The minimum Gasteiger partial charge on any atom is -0.507 e. The fraction of sp³-hybridized carbons (Fsp3) is 0. The van der Waals surface area contributed by atoms with Crippen LogP contribution in [-0.2, 0) is 0 Å². The van der Waals surface area contributed by atoms with E-state index in [9.17, 15) is 10.2 Å². The maximum Gasteiger partial charge on any atom is 0.123 e. The van der Waals surface area contributed by atoms with Gasteiger partial charge in [-0.3, -0.25) is 0 Å². The largest absolute Gasteiger partial charge is 0.507 e. The highest BCUT2D eigenvalue weighted by atomic mass is 16.3. The number of phenolic OH excluding ortho intramolecular Hbond substituents is 2. The van der Waals surface area contributed by atoms with Gasteiger partial charge < -0.3 is 10.2 Å². The zero-order valence-electron chi connectivity index (χ0n) is 11.8. The fourth-order valence-corrected chi connectivity index (χ4v) is 3.05. The van der Waals surface area contributed by atoms with Crippen LogP contribution >= 0.6 is 0 Å². The maximum atomic E-state index is 10.1. The van der Waals surface area contributed by atoms with Crippen molar-refractivity contribution < 1.29 is 10.2 Å². The van der Waals surface area contributed by atoms with Gasteiger partial charge in [0.1, 0.15) is 11.5 Å². The summed E-state index contributed by atoms with van der Waals surface area (Å²) in [5.74, 6) is 0.560. The number of fused-ring (bicyclic) bond motifs is 2. The molecule has 0 unspecified atom stereocenters. The molecule has 0 amide bonds. The Labute approximate surface area is 127 Å². The Morgan fingerprint density at radius 2 is 0.909 bits per heavy atom. The Bertz CT molecular complexity index is 966.